The summed E-state index contributed by atoms with van der Waals surface area (Å²) < 4.78 is 0. The number of nitrogens with one attached hydrogen (secondary N) is 1. The highest BCUT2D eigenvalue weighted by atomic mass is 32.1. The van der Waals surface area contributed by atoms with Gasteiger partial charge < -0.3 is 5.41 Å². The summed E-state index contributed by atoms with van der Waals surface area (Å²) in [6.45, 7) is 2.09. The van der Waals surface area contributed by atoms with Crippen molar-refractivity contribution in [2.24, 2.45) is 0 Å². The van der Waals surface area contributed by atoms with E-state index in [0.29, 0.717) is 0 Å². The van der Waals surface area contributed by atoms with Crippen LogP contribution in [0.3, 0.4) is 0 Å². The molecule has 0 spiro atoms. The summed E-state index contributed by atoms with van der Waals surface area (Å²) in [7, 11) is 0. The molecular formula is C6H13NS. The van der Waals surface area contributed by atoms with Crippen LogP contribution in [0.5, 0.6) is 0 Å². The van der Waals surface area contributed by atoms with E-state index < -0.39 is 0 Å². The second-order valence-electron chi connectivity index (χ2n) is 1.83. The summed E-state index contributed by atoms with van der Waals surface area (Å²) >= 11 is 4.01. The van der Waals surface area contributed by atoms with Crippen LogP contribution in [0.2, 0.25) is 0 Å². The van der Waals surface area contributed by atoms with Gasteiger partial charge in [0.15, 0.2) is 0 Å². The molecule has 0 aliphatic heterocycles. The summed E-state index contributed by atoms with van der Waals surface area (Å²) in [6.07, 6.45) is 2.89. The Bertz CT molecular complexity index is 62.9. The van der Waals surface area contributed by atoms with E-state index in [-0.39, 0.29) is 0 Å². The van der Waals surface area contributed by atoms with Crippen LogP contribution >= 0.6 is 12.6 Å². The normalized spacial score (nSPS) is 9.25. The van der Waals surface area contributed by atoms with E-state index in [1.165, 1.54) is 0 Å². The molecule has 0 radical (unpaired) electrons. The Kier molecular flexibility index (Phi) is 5.18. The van der Waals surface area contributed by atoms with E-state index in [9.17, 15) is 0 Å². The zero-order valence-corrected chi connectivity index (χ0v) is 6.17. The third-order valence-electron chi connectivity index (χ3n) is 0.965. The maximum Gasteiger partial charge on any atom is 0.00971 e. The highest BCUT2D eigenvalue weighted by Gasteiger charge is 1.90. The first-order valence-electron chi connectivity index (χ1n) is 2.98. The van der Waals surface area contributed by atoms with Crippen molar-refractivity contribution in [2.45, 2.75) is 26.2 Å². The highest BCUT2D eigenvalue weighted by molar-refractivity contribution is 7.80. The van der Waals surface area contributed by atoms with Gasteiger partial charge in [0.2, 0.25) is 0 Å². The van der Waals surface area contributed by atoms with Gasteiger partial charge in [0.05, 0.1) is 0 Å². The summed E-state index contributed by atoms with van der Waals surface area (Å²) in [5.41, 5.74) is 0.836. The van der Waals surface area contributed by atoms with Crippen molar-refractivity contribution in [2.75, 3.05) is 5.75 Å². The van der Waals surface area contributed by atoms with Gasteiger partial charge >= 0.3 is 0 Å². The zero-order chi connectivity index (χ0) is 6.41. The molecule has 0 aromatic carbocycles. The molecule has 0 unspecified atom stereocenters. The Morgan fingerprint density at radius 3 is 2.50 bits per heavy atom. The second-order valence-corrected chi connectivity index (χ2v) is 2.27. The minimum absolute atomic E-state index is 0.818. The van der Waals surface area contributed by atoms with Gasteiger partial charge in [-0.25, -0.2) is 0 Å². The molecule has 0 amide bonds. The standard InChI is InChI=1S/C6H13NS/c1-2-3-6(7)4-5-8/h7-8H,2-5H2,1H3. The monoisotopic (exact) mass is 131 g/mol. The fourth-order valence-corrected chi connectivity index (χ4v) is 0.832. The summed E-state index contributed by atoms with van der Waals surface area (Å²) in [5, 5.41) is 7.24. The first-order chi connectivity index (χ1) is 3.81. The van der Waals surface area contributed by atoms with Crippen molar-refractivity contribution < 1.29 is 0 Å². The SMILES string of the molecule is CCCC(=N)CCS. The van der Waals surface area contributed by atoms with E-state index >= 15 is 0 Å². The Labute approximate surface area is 56.4 Å². The number of thiol groups is 1. The number of rotatable bonds is 4. The van der Waals surface area contributed by atoms with Crippen molar-refractivity contribution >= 4 is 18.3 Å². The number of hydrogen-bond acceptors (Lipinski definition) is 2. The average Bonchev–Trinajstić information content (AvgIpc) is 1.68. The molecule has 1 nitrogen and oxygen atoms in total. The molecule has 0 aromatic heterocycles. The molecule has 1 N–H and O–H groups in total. The predicted octanol–water partition coefficient (Wildman–Crippen LogP) is 2.13. The molecule has 0 saturated heterocycles. The molecule has 0 bridgehead atoms. The molecule has 0 aliphatic rings. The Hall–Kier alpha value is 0.0200. The van der Waals surface area contributed by atoms with Crippen molar-refractivity contribution in [1.29, 1.82) is 5.41 Å². The fourth-order valence-electron chi connectivity index (χ4n) is 0.562. The summed E-state index contributed by atoms with van der Waals surface area (Å²) in [5.74, 6) is 0.818. The summed E-state index contributed by atoms with van der Waals surface area (Å²) in [6, 6.07) is 0. The second kappa shape index (κ2) is 5.16. The highest BCUT2D eigenvalue weighted by Crippen LogP contribution is 1.94. The third kappa shape index (κ3) is 4.19. The third-order valence-corrected chi connectivity index (χ3v) is 1.19. The molecule has 0 saturated carbocycles. The van der Waals surface area contributed by atoms with Gasteiger partial charge in [-0.15, -0.1) is 0 Å². The maximum atomic E-state index is 7.24. The van der Waals surface area contributed by atoms with E-state index in [4.69, 9.17) is 5.41 Å². The Balaban J connectivity index is 3.06. The van der Waals surface area contributed by atoms with Gasteiger partial charge in [0.1, 0.15) is 0 Å². The van der Waals surface area contributed by atoms with E-state index in [1.807, 2.05) is 0 Å². The molecule has 8 heavy (non-hydrogen) atoms. The quantitative estimate of drug-likeness (QED) is 0.431. The summed E-state index contributed by atoms with van der Waals surface area (Å²) in [4.78, 5) is 0. The van der Waals surface area contributed by atoms with Crippen LogP contribution in [0, 0.1) is 5.41 Å². The van der Waals surface area contributed by atoms with Crippen LogP contribution in [0.1, 0.15) is 26.2 Å². The minimum atomic E-state index is 0.818. The molecule has 0 aromatic rings. The smallest absolute Gasteiger partial charge is 0.00971 e. The van der Waals surface area contributed by atoms with E-state index in [1.54, 1.807) is 0 Å². The molecule has 0 aliphatic carbocycles. The molecule has 0 atom stereocenters. The molecular weight excluding hydrogens is 118 g/mol. The zero-order valence-electron chi connectivity index (χ0n) is 5.28. The largest absolute Gasteiger partial charge is 0.310 e. The van der Waals surface area contributed by atoms with Crippen LogP contribution in [-0.4, -0.2) is 11.5 Å². The predicted molar refractivity (Wildman–Crippen MR) is 41.1 cm³/mol. The topological polar surface area (TPSA) is 23.9 Å². The van der Waals surface area contributed by atoms with Crippen molar-refractivity contribution in [3.05, 3.63) is 0 Å². The molecule has 2 heteroatoms. The lowest BCUT2D eigenvalue weighted by Gasteiger charge is -1.95. The van der Waals surface area contributed by atoms with Gasteiger partial charge in [-0.05, 0) is 18.6 Å². The van der Waals surface area contributed by atoms with Crippen LogP contribution in [0.15, 0.2) is 0 Å². The van der Waals surface area contributed by atoms with Crippen LogP contribution in [0.4, 0.5) is 0 Å². The lowest BCUT2D eigenvalue weighted by molar-refractivity contribution is 0.961. The lowest BCUT2D eigenvalue weighted by atomic mass is 10.2. The first kappa shape index (κ1) is 8.02. The molecule has 0 heterocycles. The molecule has 0 rings (SSSR count). The van der Waals surface area contributed by atoms with Crippen molar-refractivity contribution in [3.8, 4) is 0 Å². The number of hydrogen-bond donors (Lipinski definition) is 2. The maximum absolute atomic E-state index is 7.24. The molecule has 48 valence electrons. The van der Waals surface area contributed by atoms with Gasteiger partial charge in [0.25, 0.3) is 0 Å². The van der Waals surface area contributed by atoms with Gasteiger partial charge in [-0.2, -0.15) is 12.6 Å². The average molecular weight is 131 g/mol. The Morgan fingerprint density at radius 1 is 1.50 bits per heavy atom. The van der Waals surface area contributed by atoms with Crippen molar-refractivity contribution in [3.63, 3.8) is 0 Å². The van der Waals surface area contributed by atoms with Gasteiger partial charge in [-0.3, -0.25) is 0 Å². The minimum Gasteiger partial charge on any atom is -0.310 e. The van der Waals surface area contributed by atoms with Crippen LogP contribution in [-0.2, 0) is 0 Å². The van der Waals surface area contributed by atoms with E-state index in [0.717, 1.165) is 30.7 Å². The van der Waals surface area contributed by atoms with E-state index in [2.05, 4.69) is 19.6 Å². The molecule has 0 fully saturated rings. The van der Waals surface area contributed by atoms with Crippen LogP contribution in [0.25, 0.3) is 0 Å². The van der Waals surface area contributed by atoms with Crippen LogP contribution < -0.4 is 0 Å². The van der Waals surface area contributed by atoms with Gasteiger partial charge in [0, 0.05) is 5.71 Å². The lowest BCUT2D eigenvalue weighted by Crippen LogP contribution is -1.94. The first-order valence-corrected chi connectivity index (χ1v) is 3.61. The Morgan fingerprint density at radius 2 is 2.12 bits per heavy atom. The van der Waals surface area contributed by atoms with Crippen molar-refractivity contribution in [1.82, 2.24) is 0 Å². The fraction of sp³-hybridized carbons (Fsp3) is 0.833. The van der Waals surface area contributed by atoms with Gasteiger partial charge in [-0.1, -0.05) is 13.3 Å².